The van der Waals surface area contributed by atoms with Gasteiger partial charge in [0.15, 0.2) is 12.4 Å². The maximum atomic E-state index is 12.8. The Bertz CT molecular complexity index is 1440. The highest BCUT2D eigenvalue weighted by molar-refractivity contribution is 6.05. The number of para-hydroxylation sites is 1. The summed E-state index contributed by atoms with van der Waals surface area (Å²) < 4.78 is 1.97. The summed E-state index contributed by atoms with van der Waals surface area (Å²) in [7, 11) is 1.97. The molecule has 0 aliphatic carbocycles. The zero-order valence-corrected chi connectivity index (χ0v) is 18.7. The highest BCUT2D eigenvalue weighted by atomic mass is 16.1. The van der Waals surface area contributed by atoms with Gasteiger partial charge >= 0.3 is 0 Å². The lowest BCUT2D eigenvalue weighted by Gasteiger charge is -2.11. The fourth-order valence-electron chi connectivity index (χ4n) is 3.69. The normalized spacial score (nSPS) is 10.6. The molecule has 2 heterocycles. The number of nitrogens with one attached hydrogen (secondary N) is 3. The van der Waals surface area contributed by atoms with Crippen molar-refractivity contribution in [2.75, 3.05) is 16.0 Å². The zero-order valence-electron chi connectivity index (χ0n) is 18.7. The van der Waals surface area contributed by atoms with Crippen molar-refractivity contribution < 1.29 is 9.36 Å². The topological polar surface area (TPSA) is 69.9 Å². The first kappa shape index (κ1) is 21.2. The van der Waals surface area contributed by atoms with Crippen molar-refractivity contribution in [3.8, 4) is 0 Å². The molecule has 0 fully saturated rings. The van der Waals surface area contributed by atoms with Crippen LogP contribution in [0.15, 0.2) is 110 Å². The van der Waals surface area contributed by atoms with Crippen LogP contribution >= 0.6 is 0 Å². The fourth-order valence-corrected chi connectivity index (χ4v) is 3.69. The Morgan fingerprint density at radius 2 is 1.47 bits per heavy atom. The highest BCUT2D eigenvalue weighted by Gasteiger charge is 2.08. The lowest BCUT2D eigenvalue weighted by molar-refractivity contribution is -0.671. The van der Waals surface area contributed by atoms with Gasteiger partial charge in [-0.1, -0.05) is 24.3 Å². The van der Waals surface area contributed by atoms with E-state index < -0.39 is 0 Å². The predicted octanol–water partition coefficient (Wildman–Crippen LogP) is 5.80. The number of rotatable bonds is 6. The first-order valence-corrected chi connectivity index (χ1v) is 11.0. The van der Waals surface area contributed by atoms with Crippen molar-refractivity contribution in [2.45, 2.75) is 0 Å². The number of aryl methyl sites for hydroxylation is 1. The molecule has 0 aliphatic heterocycles. The number of amides is 1. The van der Waals surface area contributed by atoms with Gasteiger partial charge in [0.2, 0.25) is 0 Å². The molecule has 3 aromatic carbocycles. The van der Waals surface area contributed by atoms with E-state index in [0.29, 0.717) is 5.56 Å². The van der Waals surface area contributed by atoms with Crippen molar-refractivity contribution in [3.63, 3.8) is 0 Å². The van der Waals surface area contributed by atoms with Gasteiger partial charge in [-0.25, -0.2) is 4.57 Å². The van der Waals surface area contributed by atoms with Crippen LogP contribution in [-0.2, 0) is 7.05 Å². The Kier molecular flexibility index (Phi) is 5.86. The average molecular weight is 447 g/mol. The van der Waals surface area contributed by atoms with E-state index in [9.17, 15) is 4.79 Å². The number of benzene rings is 3. The van der Waals surface area contributed by atoms with Crippen LogP contribution in [0, 0.1) is 0 Å². The number of aromatic nitrogens is 2. The Morgan fingerprint density at radius 3 is 2.29 bits per heavy atom. The highest BCUT2D eigenvalue weighted by Crippen LogP contribution is 2.26. The first-order chi connectivity index (χ1) is 16.6. The van der Waals surface area contributed by atoms with Crippen molar-refractivity contribution in [1.29, 1.82) is 0 Å². The number of nitrogens with zero attached hydrogens (tertiary/aromatic N) is 2. The number of anilines is 5. The molecule has 0 bridgehead atoms. The van der Waals surface area contributed by atoms with Gasteiger partial charge in [-0.2, -0.15) is 0 Å². The van der Waals surface area contributed by atoms with Crippen LogP contribution < -0.4 is 20.5 Å². The third-order valence-corrected chi connectivity index (χ3v) is 5.46. The summed E-state index contributed by atoms with van der Waals surface area (Å²) in [6.45, 7) is 0. The summed E-state index contributed by atoms with van der Waals surface area (Å²) in [4.78, 5) is 17.2. The number of fused-ring (bicyclic) bond motifs is 1. The van der Waals surface area contributed by atoms with Gasteiger partial charge in [-0.3, -0.25) is 9.78 Å². The van der Waals surface area contributed by atoms with E-state index in [4.69, 9.17) is 0 Å². The zero-order chi connectivity index (χ0) is 23.3. The van der Waals surface area contributed by atoms with E-state index in [2.05, 4.69) is 20.9 Å². The van der Waals surface area contributed by atoms with Gasteiger partial charge in [-0.15, -0.1) is 0 Å². The van der Waals surface area contributed by atoms with Gasteiger partial charge in [0.1, 0.15) is 7.05 Å². The molecule has 0 radical (unpaired) electrons. The van der Waals surface area contributed by atoms with E-state index in [1.54, 1.807) is 12.3 Å². The molecule has 0 aliphatic rings. The largest absolute Gasteiger partial charge is 0.355 e. The molecule has 0 saturated heterocycles. The van der Waals surface area contributed by atoms with Crippen molar-refractivity contribution >= 4 is 45.2 Å². The van der Waals surface area contributed by atoms with Crippen LogP contribution in [0.2, 0.25) is 0 Å². The van der Waals surface area contributed by atoms with E-state index in [1.807, 2.05) is 109 Å². The van der Waals surface area contributed by atoms with E-state index in [-0.39, 0.29) is 5.91 Å². The number of carbonyl (C=O) groups is 1. The van der Waals surface area contributed by atoms with E-state index in [0.717, 1.165) is 39.3 Å². The van der Waals surface area contributed by atoms with E-state index in [1.165, 1.54) is 0 Å². The quantitative estimate of drug-likeness (QED) is 0.288. The second-order valence-corrected chi connectivity index (χ2v) is 7.99. The first-order valence-electron chi connectivity index (χ1n) is 11.0. The molecule has 166 valence electrons. The van der Waals surface area contributed by atoms with Gasteiger partial charge in [0.25, 0.3) is 5.91 Å². The third-order valence-electron chi connectivity index (χ3n) is 5.46. The molecule has 1 amide bonds. The Hall–Kier alpha value is -4.71. The number of hydrogen-bond acceptors (Lipinski definition) is 4. The molecule has 34 heavy (non-hydrogen) atoms. The average Bonchev–Trinajstić information content (AvgIpc) is 2.87. The molecule has 0 spiro atoms. The minimum Gasteiger partial charge on any atom is -0.355 e. The molecule has 6 nitrogen and oxygen atoms in total. The third kappa shape index (κ3) is 4.86. The second kappa shape index (κ2) is 9.42. The smallest absolute Gasteiger partial charge is 0.255 e. The summed E-state index contributed by atoms with van der Waals surface area (Å²) in [6.07, 6.45) is 5.73. The summed E-state index contributed by atoms with van der Waals surface area (Å²) in [5.41, 5.74) is 5.97. The predicted molar refractivity (Wildman–Crippen MR) is 137 cm³/mol. The molecule has 2 aromatic heterocycles. The Balaban J connectivity index is 1.26. The number of pyridine rings is 2. The standard InChI is InChI=1S/C28H23N5O/c1-33-17-14-23(15-18-33)30-24-6-4-5-20(19-24)28(34)32-22-11-9-21(10-12-22)31-27-13-16-29-26-8-3-2-7-25(26)27/h2-19H,1H3,(H2,29,31,32,34)/p+1. The number of carbonyl (C=O) groups excluding carboxylic acids is 1. The molecule has 5 rings (SSSR count). The molecule has 3 N–H and O–H groups in total. The second-order valence-electron chi connectivity index (χ2n) is 7.99. The molecule has 0 atom stereocenters. The van der Waals surface area contributed by atoms with Crippen LogP contribution in [-0.4, -0.2) is 10.9 Å². The lowest BCUT2D eigenvalue weighted by Crippen LogP contribution is -2.25. The van der Waals surface area contributed by atoms with Crippen LogP contribution in [0.3, 0.4) is 0 Å². The minimum atomic E-state index is -0.163. The number of hydrogen-bond donors (Lipinski definition) is 3. The Morgan fingerprint density at radius 1 is 0.735 bits per heavy atom. The molecular formula is C28H24N5O+. The summed E-state index contributed by atoms with van der Waals surface area (Å²) in [5, 5.41) is 10.8. The van der Waals surface area contributed by atoms with Crippen LogP contribution in [0.25, 0.3) is 10.9 Å². The lowest BCUT2D eigenvalue weighted by atomic mass is 10.1. The summed E-state index contributed by atoms with van der Waals surface area (Å²) >= 11 is 0. The van der Waals surface area contributed by atoms with Gasteiger partial charge in [-0.05, 0) is 54.6 Å². The molecule has 0 unspecified atom stereocenters. The summed E-state index contributed by atoms with van der Waals surface area (Å²) in [5.74, 6) is -0.163. The molecule has 5 aromatic rings. The van der Waals surface area contributed by atoms with Crippen LogP contribution in [0.1, 0.15) is 10.4 Å². The van der Waals surface area contributed by atoms with Gasteiger partial charge < -0.3 is 16.0 Å². The maximum absolute atomic E-state index is 12.8. The SMILES string of the molecule is C[n+]1ccc(Nc2cccc(C(=O)Nc3ccc(Nc4ccnc5ccccc45)cc3)c2)cc1. The molecule has 6 heteroatoms. The summed E-state index contributed by atoms with van der Waals surface area (Å²) in [6, 6.07) is 29.0. The molecular weight excluding hydrogens is 422 g/mol. The van der Waals surface area contributed by atoms with Gasteiger partial charge in [0, 0.05) is 52.0 Å². The van der Waals surface area contributed by atoms with Gasteiger partial charge in [0.05, 0.1) is 11.2 Å². The minimum absolute atomic E-state index is 0.163. The fraction of sp³-hybridized carbons (Fsp3) is 0.0357. The Labute approximate surface area is 197 Å². The van der Waals surface area contributed by atoms with E-state index >= 15 is 0 Å². The van der Waals surface area contributed by atoms with Crippen LogP contribution in [0.5, 0.6) is 0 Å². The van der Waals surface area contributed by atoms with Crippen LogP contribution in [0.4, 0.5) is 28.4 Å². The monoisotopic (exact) mass is 446 g/mol. The van der Waals surface area contributed by atoms with Crippen molar-refractivity contribution in [3.05, 3.63) is 115 Å². The molecule has 0 saturated carbocycles. The van der Waals surface area contributed by atoms with Crippen molar-refractivity contribution in [2.24, 2.45) is 7.05 Å². The maximum Gasteiger partial charge on any atom is 0.255 e. The van der Waals surface area contributed by atoms with Crippen molar-refractivity contribution in [1.82, 2.24) is 4.98 Å².